The number of rotatable bonds is 8. The van der Waals surface area contributed by atoms with Gasteiger partial charge in [0.25, 0.3) is 5.91 Å². The molecule has 4 rings (SSSR count). The van der Waals surface area contributed by atoms with Crippen molar-refractivity contribution in [3.8, 4) is 5.88 Å². The molecule has 1 fully saturated rings. The highest BCUT2D eigenvalue weighted by molar-refractivity contribution is 6.12. The van der Waals surface area contributed by atoms with Gasteiger partial charge in [0.05, 0.1) is 17.4 Å². The van der Waals surface area contributed by atoms with E-state index < -0.39 is 0 Å². The van der Waals surface area contributed by atoms with Crippen LogP contribution in [-0.2, 0) is 4.79 Å². The van der Waals surface area contributed by atoms with Crippen LogP contribution >= 0.6 is 0 Å². The number of benzene rings is 2. The number of aromatic nitrogens is 1. The summed E-state index contributed by atoms with van der Waals surface area (Å²) < 4.78 is 5.75. The van der Waals surface area contributed by atoms with Crippen LogP contribution in [0.4, 0.5) is 0 Å². The third kappa shape index (κ3) is 6.28. The molecular weight excluding hydrogens is 410 g/mol. The van der Waals surface area contributed by atoms with Gasteiger partial charge in [0.1, 0.15) is 0 Å². The third-order valence-corrected chi connectivity index (χ3v) is 5.57. The van der Waals surface area contributed by atoms with Crippen LogP contribution in [-0.4, -0.2) is 23.2 Å². The Morgan fingerprint density at radius 3 is 2.30 bits per heavy atom. The summed E-state index contributed by atoms with van der Waals surface area (Å²) in [5.74, 6) is 0.673. The van der Waals surface area contributed by atoms with Gasteiger partial charge in [-0.1, -0.05) is 74.5 Å². The van der Waals surface area contributed by atoms with Crippen molar-refractivity contribution in [2.24, 2.45) is 0 Å². The average molecular weight is 444 g/mol. The minimum Gasteiger partial charge on any atom is -0.468 e. The first-order valence-corrected chi connectivity index (χ1v) is 11.7. The van der Waals surface area contributed by atoms with Crippen LogP contribution < -0.4 is 10.1 Å². The molecule has 0 bridgehead atoms. The zero-order valence-electron chi connectivity index (χ0n) is 19.9. The maximum atomic E-state index is 12.4. The lowest BCUT2D eigenvalue weighted by Crippen LogP contribution is -2.31. The molecule has 3 aromatic rings. The van der Waals surface area contributed by atoms with Crippen molar-refractivity contribution >= 4 is 11.6 Å². The number of pyridine rings is 1. The number of ether oxygens (including phenoxy) is 1. The Hall–Kier alpha value is -3.47. The van der Waals surface area contributed by atoms with Crippen molar-refractivity contribution in [3.63, 3.8) is 0 Å². The molecule has 1 aliphatic rings. The number of nitrogens with zero attached hydrogens (tertiary/aromatic N) is 1. The van der Waals surface area contributed by atoms with Gasteiger partial charge in [0, 0.05) is 17.2 Å². The molecule has 5 nitrogen and oxygen atoms in total. The number of carbonyl (C=O) groups is 1. The monoisotopic (exact) mass is 443 g/mol. The highest BCUT2D eigenvalue weighted by Crippen LogP contribution is 2.43. The molecule has 33 heavy (non-hydrogen) atoms. The maximum absolute atomic E-state index is 12.4. The van der Waals surface area contributed by atoms with Gasteiger partial charge in [0.15, 0.2) is 6.61 Å². The first-order chi connectivity index (χ1) is 16.0. The Kier molecular flexibility index (Phi) is 8.36. The molecule has 1 amide bonds. The van der Waals surface area contributed by atoms with E-state index in [1.807, 2.05) is 94.4 Å². The van der Waals surface area contributed by atoms with Crippen molar-refractivity contribution in [1.29, 1.82) is 5.41 Å². The fourth-order valence-electron chi connectivity index (χ4n) is 3.78. The molecule has 0 radical (unpaired) electrons. The number of nitrogens with one attached hydrogen (secondary N) is 2. The summed E-state index contributed by atoms with van der Waals surface area (Å²) in [5.41, 5.74) is 5.12. The molecule has 0 spiro atoms. The first-order valence-electron chi connectivity index (χ1n) is 11.7. The quantitative estimate of drug-likeness (QED) is 0.421. The molecule has 0 aliphatic heterocycles. The molecule has 172 valence electrons. The van der Waals surface area contributed by atoms with E-state index in [0.717, 1.165) is 40.8 Å². The van der Waals surface area contributed by atoms with Crippen LogP contribution in [0, 0.1) is 12.3 Å². The number of hydrogen-bond acceptors (Lipinski definition) is 4. The zero-order valence-corrected chi connectivity index (χ0v) is 19.9. The normalized spacial score (nSPS) is 13.3. The maximum Gasteiger partial charge on any atom is 0.258 e. The molecular formula is C28H33N3O2. The van der Waals surface area contributed by atoms with Crippen molar-refractivity contribution in [2.75, 3.05) is 6.61 Å². The van der Waals surface area contributed by atoms with E-state index in [0.29, 0.717) is 17.5 Å². The van der Waals surface area contributed by atoms with E-state index in [2.05, 4.69) is 10.3 Å². The lowest BCUT2D eigenvalue weighted by Gasteiger charge is -2.17. The molecule has 2 N–H and O–H groups in total. The third-order valence-electron chi connectivity index (χ3n) is 5.57. The summed E-state index contributed by atoms with van der Waals surface area (Å²) in [6.45, 7) is 7.76. The van der Waals surface area contributed by atoms with Gasteiger partial charge < -0.3 is 10.1 Å². The first kappa shape index (κ1) is 24.2. The number of carbonyl (C=O) groups excluding carboxylic acids is 1. The highest BCUT2D eigenvalue weighted by atomic mass is 16.5. The Balaban J connectivity index is 0.00000149. The van der Waals surface area contributed by atoms with E-state index >= 15 is 0 Å². The second-order valence-corrected chi connectivity index (χ2v) is 8.01. The standard InChI is InChI=1S/C26H27N3O2.C2H6/c1-17(19-9-5-3-6-10-19)28-23(30)16-31-24-15-22(20-13-14-20)25(18(2)29-24)26(27)21-11-7-4-8-12-21;1-2/h3-12,15,17,20,27H,13-14,16H2,1-2H3,(H,28,30);1-2H3. The fraction of sp³-hybridized carbons (Fsp3) is 0.321. The van der Waals surface area contributed by atoms with Crippen LogP contribution in [0.15, 0.2) is 66.7 Å². The number of aryl methyl sites for hydroxylation is 1. The van der Waals surface area contributed by atoms with Gasteiger partial charge in [-0.05, 0) is 43.7 Å². The highest BCUT2D eigenvalue weighted by Gasteiger charge is 2.30. The molecule has 1 atom stereocenters. The van der Waals surface area contributed by atoms with Gasteiger partial charge >= 0.3 is 0 Å². The molecule has 0 saturated heterocycles. The van der Waals surface area contributed by atoms with Crippen molar-refractivity contribution in [2.45, 2.75) is 52.5 Å². The average Bonchev–Trinajstić information content (AvgIpc) is 3.70. The Bertz CT molecular complexity index is 1080. The summed E-state index contributed by atoms with van der Waals surface area (Å²) in [4.78, 5) is 16.9. The fourth-order valence-corrected chi connectivity index (χ4v) is 3.78. The van der Waals surface area contributed by atoms with Gasteiger partial charge in [0.2, 0.25) is 5.88 Å². The smallest absolute Gasteiger partial charge is 0.258 e. The Morgan fingerprint density at radius 2 is 1.70 bits per heavy atom. The van der Waals surface area contributed by atoms with Crippen LogP contribution in [0.5, 0.6) is 5.88 Å². The lowest BCUT2D eigenvalue weighted by atomic mass is 9.94. The van der Waals surface area contributed by atoms with Gasteiger partial charge in [-0.25, -0.2) is 4.98 Å². The second-order valence-electron chi connectivity index (χ2n) is 8.01. The van der Waals surface area contributed by atoms with Gasteiger partial charge in [-0.15, -0.1) is 0 Å². The summed E-state index contributed by atoms with van der Waals surface area (Å²) in [6.07, 6.45) is 2.21. The van der Waals surface area contributed by atoms with Crippen LogP contribution in [0.25, 0.3) is 0 Å². The van der Waals surface area contributed by atoms with Crippen LogP contribution in [0.2, 0.25) is 0 Å². The van der Waals surface area contributed by atoms with Crippen molar-refractivity contribution in [1.82, 2.24) is 10.3 Å². The largest absolute Gasteiger partial charge is 0.468 e. The molecule has 1 aliphatic carbocycles. The Morgan fingerprint density at radius 1 is 1.09 bits per heavy atom. The predicted molar refractivity (Wildman–Crippen MR) is 133 cm³/mol. The summed E-state index contributed by atoms with van der Waals surface area (Å²) >= 11 is 0. The topological polar surface area (TPSA) is 75.1 Å². The van der Waals surface area contributed by atoms with E-state index in [9.17, 15) is 4.79 Å². The SMILES string of the molecule is CC.Cc1nc(OCC(=O)NC(C)c2ccccc2)cc(C2CC2)c1C(=N)c1ccccc1. The van der Waals surface area contributed by atoms with Gasteiger partial charge in [-0.3, -0.25) is 10.2 Å². The van der Waals surface area contributed by atoms with Crippen LogP contribution in [0.1, 0.15) is 73.5 Å². The molecule has 1 saturated carbocycles. The molecule has 5 heteroatoms. The minimum atomic E-state index is -0.190. The van der Waals surface area contributed by atoms with Crippen molar-refractivity contribution in [3.05, 3.63) is 94.7 Å². The van der Waals surface area contributed by atoms with Gasteiger partial charge in [-0.2, -0.15) is 0 Å². The lowest BCUT2D eigenvalue weighted by molar-refractivity contribution is -0.123. The number of amides is 1. The summed E-state index contributed by atoms with van der Waals surface area (Å²) in [5, 5.41) is 11.7. The van der Waals surface area contributed by atoms with Crippen LogP contribution in [0.3, 0.4) is 0 Å². The van der Waals surface area contributed by atoms with Crippen molar-refractivity contribution < 1.29 is 9.53 Å². The summed E-state index contributed by atoms with van der Waals surface area (Å²) in [7, 11) is 0. The van der Waals surface area contributed by atoms with E-state index in [-0.39, 0.29) is 18.6 Å². The molecule has 2 aromatic carbocycles. The Labute approximate surface area is 196 Å². The van der Waals surface area contributed by atoms with E-state index in [4.69, 9.17) is 10.1 Å². The molecule has 1 aromatic heterocycles. The zero-order chi connectivity index (χ0) is 23.8. The second kappa shape index (κ2) is 11.4. The minimum absolute atomic E-state index is 0.0940. The predicted octanol–water partition coefficient (Wildman–Crippen LogP) is 5.97. The molecule has 1 unspecified atom stereocenters. The number of hydrogen-bond donors (Lipinski definition) is 2. The van der Waals surface area contributed by atoms with E-state index in [1.54, 1.807) is 0 Å². The summed E-state index contributed by atoms with van der Waals surface area (Å²) in [6, 6.07) is 21.4. The molecule has 1 heterocycles. The van der Waals surface area contributed by atoms with E-state index in [1.165, 1.54) is 0 Å².